The fourth-order valence-corrected chi connectivity index (χ4v) is 4.83. The molecule has 0 aliphatic carbocycles. The molecule has 0 aromatic carbocycles. The lowest BCUT2D eigenvalue weighted by atomic mass is 10.1. The van der Waals surface area contributed by atoms with Crippen LogP contribution in [0.4, 0.5) is 20.2 Å². The quantitative estimate of drug-likeness (QED) is 0.211. The molecule has 1 aromatic heterocycles. The van der Waals surface area contributed by atoms with Gasteiger partial charge in [-0.2, -0.15) is 4.90 Å². The van der Waals surface area contributed by atoms with E-state index in [-0.39, 0.29) is 18.0 Å². The minimum atomic E-state index is -0.869. The first-order valence-corrected chi connectivity index (χ1v) is 15.7. The number of aromatic nitrogens is 1. The molecule has 1 aromatic rings. The number of halogens is 1. The minimum Gasteiger partial charge on any atom is -0.444 e. The van der Waals surface area contributed by atoms with E-state index in [4.69, 9.17) is 18.9 Å². The first-order valence-electron chi connectivity index (χ1n) is 14.9. The van der Waals surface area contributed by atoms with Gasteiger partial charge in [-0.05, 0) is 123 Å². The van der Waals surface area contributed by atoms with Crippen LogP contribution < -0.4 is 4.90 Å². The molecular formula is C32H50BrN3O7. The molecule has 0 radical (unpaired) electrons. The van der Waals surface area contributed by atoms with Crippen molar-refractivity contribution >= 4 is 46.1 Å². The number of hydrogen-bond donors (Lipinski definition) is 0. The summed E-state index contributed by atoms with van der Waals surface area (Å²) in [5.74, 6) is 0.0993. The van der Waals surface area contributed by atoms with Crippen LogP contribution in [-0.4, -0.2) is 70.8 Å². The van der Waals surface area contributed by atoms with Crippen LogP contribution in [0, 0.1) is 6.92 Å². The van der Waals surface area contributed by atoms with Gasteiger partial charge in [-0.15, -0.1) is 0 Å². The third-order valence-corrected chi connectivity index (χ3v) is 6.66. The smallest absolute Gasteiger partial charge is 0.425 e. The Morgan fingerprint density at radius 1 is 0.977 bits per heavy atom. The molecule has 1 fully saturated rings. The van der Waals surface area contributed by atoms with Crippen LogP contribution in [0.3, 0.4) is 0 Å². The zero-order valence-electron chi connectivity index (χ0n) is 27.5. The summed E-state index contributed by atoms with van der Waals surface area (Å²) in [6.07, 6.45) is 6.42. The molecule has 1 aliphatic rings. The number of hydrogen-bond acceptors (Lipinski definition) is 8. The molecule has 1 aliphatic heterocycles. The van der Waals surface area contributed by atoms with Crippen LogP contribution in [-0.2, 0) is 18.9 Å². The Balaban J connectivity index is 2.02. The van der Waals surface area contributed by atoms with Crippen molar-refractivity contribution in [3.63, 3.8) is 0 Å². The number of aryl methyl sites for hydroxylation is 1. The Morgan fingerprint density at radius 3 is 2.09 bits per heavy atom. The van der Waals surface area contributed by atoms with Crippen LogP contribution in [0.5, 0.6) is 0 Å². The summed E-state index contributed by atoms with van der Waals surface area (Å²) >= 11 is 3.58. The van der Waals surface area contributed by atoms with Crippen LogP contribution in [0.25, 0.3) is 6.08 Å². The van der Waals surface area contributed by atoms with E-state index in [2.05, 4.69) is 20.9 Å². The number of unbranched alkanes of at least 4 members (excludes halogenated alkanes) is 1. The second-order valence-electron chi connectivity index (χ2n) is 13.7. The van der Waals surface area contributed by atoms with Crippen LogP contribution in [0.15, 0.2) is 16.6 Å². The van der Waals surface area contributed by atoms with E-state index >= 15 is 0 Å². The van der Waals surface area contributed by atoms with Crippen molar-refractivity contribution in [1.29, 1.82) is 0 Å². The Labute approximate surface area is 265 Å². The number of rotatable bonds is 7. The lowest BCUT2D eigenvalue weighted by molar-refractivity contribution is 0.000831. The van der Waals surface area contributed by atoms with Crippen molar-refractivity contribution in [2.45, 2.75) is 124 Å². The highest BCUT2D eigenvalue weighted by Gasteiger charge is 2.34. The summed E-state index contributed by atoms with van der Waals surface area (Å²) in [4.78, 5) is 45.7. The van der Waals surface area contributed by atoms with Crippen molar-refractivity contribution in [3.05, 3.63) is 27.9 Å². The summed E-state index contributed by atoms with van der Waals surface area (Å²) < 4.78 is 23.3. The zero-order chi connectivity index (χ0) is 32.6. The molecule has 2 rings (SSSR count). The van der Waals surface area contributed by atoms with Crippen LogP contribution in [0.2, 0.25) is 0 Å². The molecule has 2 heterocycles. The highest BCUT2D eigenvalue weighted by atomic mass is 79.9. The number of carbonyl (C=O) groups excluding carboxylic acids is 3. The molecule has 43 heavy (non-hydrogen) atoms. The maximum Gasteiger partial charge on any atom is 0.425 e. The maximum atomic E-state index is 13.0. The van der Waals surface area contributed by atoms with Gasteiger partial charge in [-0.3, -0.25) is 0 Å². The summed E-state index contributed by atoms with van der Waals surface area (Å²) in [7, 11) is 0. The second kappa shape index (κ2) is 15.4. The average Bonchev–Trinajstić information content (AvgIpc) is 3.05. The van der Waals surface area contributed by atoms with Crippen molar-refractivity contribution in [3.8, 4) is 0 Å². The molecule has 10 nitrogen and oxygen atoms in total. The fourth-order valence-electron chi connectivity index (χ4n) is 4.20. The minimum absolute atomic E-state index is 0.00924. The molecule has 0 spiro atoms. The highest BCUT2D eigenvalue weighted by Crippen LogP contribution is 2.28. The number of imide groups is 1. The van der Waals surface area contributed by atoms with Gasteiger partial charge < -0.3 is 23.8 Å². The number of likely N-dealkylation sites (tertiary alicyclic amines) is 1. The van der Waals surface area contributed by atoms with Crippen LogP contribution in [0.1, 0.15) is 106 Å². The van der Waals surface area contributed by atoms with E-state index in [0.717, 1.165) is 42.6 Å². The zero-order valence-corrected chi connectivity index (χ0v) is 29.1. The number of ether oxygens (including phenoxy) is 4. The molecule has 242 valence electrons. The lowest BCUT2D eigenvalue weighted by Crippen LogP contribution is -2.44. The summed E-state index contributed by atoms with van der Waals surface area (Å²) in [6.45, 7) is 19.6. The van der Waals surface area contributed by atoms with Gasteiger partial charge in [-0.1, -0.05) is 12.2 Å². The van der Waals surface area contributed by atoms with Gasteiger partial charge in [0.1, 0.15) is 22.6 Å². The second-order valence-corrected chi connectivity index (χ2v) is 14.6. The highest BCUT2D eigenvalue weighted by molar-refractivity contribution is 9.10. The molecule has 0 bridgehead atoms. The third-order valence-electron chi connectivity index (χ3n) is 6.00. The summed E-state index contributed by atoms with van der Waals surface area (Å²) in [5.41, 5.74) is -0.706. The fraction of sp³-hybridized carbons (Fsp3) is 0.688. The Hall–Kier alpha value is -2.66. The maximum absolute atomic E-state index is 13.0. The van der Waals surface area contributed by atoms with Gasteiger partial charge >= 0.3 is 18.3 Å². The third kappa shape index (κ3) is 13.3. The van der Waals surface area contributed by atoms with Gasteiger partial charge in [0.05, 0.1) is 12.6 Å². The molecule has 11 heteroatoms. The van der Waals surface area contributed by atoms with Gasteiger partial charge in [-0.25, -0.2) is 19.4 Å². The first-order chi connectivity index (χ1) is 19.8. The van der Waals surface area contributed by atoms with E-state index < -0.39 is 29.0 Å². The number of anilines is 1. The molecular weight excluding hydrogens is 618 g/mol. The van der Waals surface area contributed by atoms with Gasteiger partial charge in [0.25, 0.3) is 0 Å². The normalized spacial score (nSPS) is 16.5. The predicted octanol–water partition coefficient (Wildman–Crippen LogP) is 8.43. The predicted molar refractivity (Wildman–Crippen MR) is 171 cm³/mol. The van der Waals surface area contributed by atoms with E-state index in [0.29, 0.717) is 29.9 Å². The van der Waals surface area contributed by atoms with Crippen molar-refractivity contribution in [1.82, 2.24) is 9.88 Å². The molecule has 1 saturated heterocycles. The molecule has 0 saturated carbocycles. The number of allylic oxidation sites excluding steroid dienone is 1. The monoisotopic (exact) mass is 667 g/mol. The van der Waals surface area contributed by atoms with Gasteiger partial charge in [0.2, 0.25) is 0 Å². The van der Waals surface area contributed by atoms with Crippen LogP contribution >= 0.6 is 15.9 Å². The van der Waals surface area contributed by atoms with Crippen molar-refractivity contribution in [2.24, 2.45) is 0 Å². The van der Waals surface area contributed by atoms with Crippen molar-refractivity contribution < 1.29 is 33.3 Å². The standard InChI is InChI=1S/C32H50BrN3O7/c1-22-24(17-12-11-15-19-40-23-16-13-14-18-35(21-23)27(37)41-30(2,3)4)25(33)20-26(34-22)36(28(38)42-31(5,6)7)29(39)43-32(8,9)10/h12,17,20,23H,11,13-16,18-19,21H2,1-10H3/b17-12+. The van der Waals surface area contributed by atoms with E-state index in [9.17, 15) is 14.4 Å². The SMILES string of the molecule is Cc1nc(N(C(=O)OC(C)(C)C)C(=O)OC(C)(C)C)cc(Br)c1/C=C/CCCOC1CCCCN(C(=O)OC(C)(C)C)C1. The molecule has 1 atom stereocenters. The summed E-state index contributed by atoms with van der Waals surface area (Å²) in [6, 6.07) is 1.60. The average molecular weight is 669 g/mol. The largest absolute Gasteiger partial charge is 0.444 e. The lowest BCUT2D eigenvalue weighted by Gasteiger charge is -2.28. The van der Waals surface area contributed by atoms with Gasteiger partial charge in [0, 0.05) is 28.9 Å². The van der Waals surface area contributed by atoms with Crippen molar-refractivity contribution in [2.75, 3.05) is 24.6 Å². The number of amides is 3. The molecule has 3 amide bonds. The van der Waals surface area contributed by atoms with E-state index in [1.54, 1.807) is 52.5 Å². The Kier molecular flexibility index (Phi) is 13.1. The van der Waals surface area contributed by atoms with E-state index in [1.165, 1.54) is 0 Å². The van der Waals surface area contributed by atoms with Gasteiger partial charge in [0.15, 0.2) is 0 Å². The summed E-state index contributed by atoms with van der Waals surface area (Å²) in [5, 5.41) is 0. The topological polar surface area (TPSA) is 108 Å². The molecule has 0 N–H and O–H groups in total. The Bertz CT molecular complexity index is 1100. The molecule has 1 unspecified atom stereocenters. The number of carbonyl (C=O) groups is 3. The Morgan fingerprint density at radius 2 is 1.56 bits per heavy atom. The first kappa shape index (κ1) is 36.5. The van der Waals surface area contributed by atoms with E-state index in [1.807, 2.05) is 39.8 Å². The number of nitrogens with zero attached hydrogens (tertiary/aromatic N) is 3. The number of pyridine rings is 1.